The van der Waals surface area contributed by atoms with E-state index < -0.39 is 36.6 Å². The number of halogens is 1. The van der Waals surface area contributed by atoms with Gasteiger partial charge >= 0.3 is 0 Å². The fourth-order valence-electron chi connectivity index (χ4n) is 1.33. The van der Waals surface area contributed by atoms with Crippen molar-refractivity contribution in [1.82, 2.24) is 0 Å². The lowest BCUT2D eigenvalue weighted by molar-refractivity contribution is 0.318. The van der Waals surface area contributed by atoms with Crippen molar-refractivity contribution in [1.29, 1.82) is 0 Å². The van der Waals surface area contributed by atoms with E-state index in [1.807, 2.05) is 4.72 Å². The molecule has 0 aliphatic rings. The summed E-state index contributed by atoms with van der Waals surface area (Å²) in [5, 5.41) is 9.95. The van der Waals surface area contributed by atoms with Crippen LogP contribution in [0.25, 0.3) is 0 Å². The Balaban J connectivity index is 3.12. The molecule has 0 heterocycles. The first kappa shape index (κ1) is 16.2. The topological polar surface area (TPSA) is 139 Å². The van der Waals surface area contributed by atoms with Crippen molar-refractivity contribution in [3.8, 4) is 0 Å². The Hall–Kier alpha value is -1.88. The number of anilines is 1. The van der Waals surface area contributed by atoms with Gasteiger partial charge in [0, 0.05) is 11.9 Å². The Kier molecular flexibility index (Phi) is 4.55. The van der Waals surface area contributed by atoms with Crippen molar-refractivity contribution in [2.24, 2.45) is 10.9 Å². The van der Waals surface area contributed by atoms with Crippen LogP contribution in [0.1, 0.15) is 5.56 Å². The van der Waals surface area contributed by atoms with Gasteiger partial charge in [-0.3, -0.25) is 4.72 Å². The van der Waals surface area contributed by atoms with Crippen LogP contribution in [0, 0.1) is 5.82 Å². The molecule has 8 nitrogen and oxygen atoms in total. The molecule has 20 heavy (non-hydrogen) atoms. The third kappa shape index (κ3) is 4.66. The standard InChI is InChI=1S/C9H12FN3O5S2/c1-19(15,16)5-20(17,18)13-6-2-3-8(10)7(4-6)9(11)12-14/h2-4,13-14H,5H2,1H3,(H2,11,12). The number of benzene rings is 1. The molecule has 0 bridgehead atoms. The van der Waals surface area contributed by atoms with Crippen LogP contribution in [-0.2, 0) is 19.9 Å². The van der Waals surface area contributed by atoms with E-state index in [1.165, 1.54) is 0 Å². The maximum absolute atomic E-state index is 13.4. The summed E-state index contributed by atoms with van der Waals surface area (Å²) >= 11 is 0. The highest BCUT2D eigenvalue weighted by Crippen LogP contribution is 2.16. The molecule has 0 amide bonds. The first-order valence-corrected chi connectivity index (χ1v) is 8.71. The highest BCUT2D eigenvalue weighted by atomic mass is 32.3. The lowest BCUT2D eigenvalue weighted by Gasteiger charge is -2.09. The van der Waals surface area contributed by atoms with Crippen LogP contribution in [-0.4, -0.2) is 39.2 Å². The molecule has 0 saturated heterocycles. The third-order valence-electron chi connectivity index (χ3n) is 1.99. The molecule has 11 heteroatoms. The molecule has 112 valence electrons. The minimum Gasteiger partial charge on any atom is -0.409 e. The molecule has 0 saturated carbocycles. The van der Waals surface area contributed by atoms with E-state index in [4.69, 9.17) is 10.9 Å². The molecule has 0 aliphatic heterocycles. The van der Waals surface area contributed by atoms with E-state index in [0.29, 0.717) is 0 Å². The first-order valence-electron chi connectivity index (χ1n) is 5.00. The second-order valence-electron chi connectivity index (χ2n) is 3.94. The fourth-order valence-corrected chi connectivity index (χ4v) is 4.31. The minimum atomic E-state index is -4.16. The zero-order chi connectivity index (χ0) is 15.6. The van der Waals surface area contributed by atoms with Crippen LogP contribution in [0.4, 0.5) is 10.1 Å². The van der Waals surface area contributed by atoms with Crippen LogP contribution in [0.5, 0.6) is 0 Å². The molecule has 0 aliphatic carbocycles. The van der Waals surface area contributed by atoms with Crippen molar-refractivity contribution >= 4 is 31.4 Å². The number of amidine groups is 1. The lowest BCUT2D eigenvalue weighted by Crippen LogP contribution is -2.23. The number of hydrogen-bond acceptors (Lipinski definition) is 6. The van der Waals surface area contributed by atoms with Gasteiger partial charge in [0.05, 0.1) is 5.56 Å². The van der Waals surface area contributed by atoms with Crippen LogP contribution in [0.2, 0.25) is 0 Å². The van der Waals surface area contributed by atoms with E-state index in [-0.39, 0.29) is 11.3 Å². The Bertz CT molecular complexity index is 743. The van der Waals surface area contributed by atoms with Gasteiger partial charge in [-0.05, 0) is 18.2 Å². The van der Waals surface area contributed by atoms with Gasteiger partial charge in [-0.15, -0.1) is 0 Å². The molecule has 0 fully saturated rings. The molecular formula is C9H12FN3O5S2. The van der Waals surface area contributed by atoms with Crippen molar-refractivity contribution in [2.45, 2.75) is 0 Å². The zero-order valence-corrected chi connectivity index (χ0v) is 11.9. The van der Waals surface area contributed by atoms with Crippen molar-refractivity contribution < 1.29 is 26.4 Å². The SMILES string of the molecule is CS(=O)(=O)CS(=O)(=O)Nc1ccc(F)c(/C(N)=N/O)c1. The largest absolute Gasteiger partial charge is 0.409 e. The van der Waals surface area contributed by atoms with Crippen LogP contribution in [0.15, 0.2) is 23.4 Å². The average Bonchev–Trinajstić information content (AvgIpc) is 2.27. The van der Waals surface area contributed by atoms with Crippen LogP contribution in [0.3, 0.4) is 0 Å². The highest BCUT2D eigenvalue weighted by molar-refractivity contribution is 8.08. The van der Waals surface area contributed by atoms with E-state index >= 15 is 0 Å². The van der Waals surface area contributed by atoms with Crippen LogP contribution >= 0.6 is 0 Å². The summed E-state index contributed by atoms with van der Waals surface area (Å²) in [5.74, 6) is -1.38. The van der Waals surface area contributed by atoms with Gasteiger partial charge in [0.1, 0.15) is 5.82 Å². The quantitative estimate of drug-likeness (QED) is 0.293. The second kappa shape index (κ2) is 5.63. The van der Waals surface area contributed by atoms with Crippen LogP contribution < -0.4 is 10.5 Å². The second-order valence-corrected chi connectivity index (χ2v) is 8.17. The maximum Gasteiger partial charge on any atom is 0.247 e. The van der Waals surface area contributed by atoms with Gasteiger partial charge in [-0.2, -0.15) is 0 Å². The maximum atomic E-state index is 13.4. The highest BCUT2D eigenvalue weighted by Gasteiger charge is 2.19. The number of rotatable bonds is 5. The van der Waals surface area contributed by atoms with Crippen molar-refractivity contribution in [3.63, 3.8) is 0 Å². The molecule has 0 spiro atoms. The molecule has 0 unspecified atom stereocenters. The number of nitrogens with two attached hydrogens (primary N) is 1. The van der Waals surface area contributed by atoms with Gasteiger partial charge in [0.15, 0.2) is 20.8 Å². The number of sulfone groups is 1. The predicted octanol–water partition coefficient (Wildman–Crippen LogP) is -0.336. The number of nitrogens with zero attached hydrogens (tertiary/aromatic N) is 1. The molecule has 0 atom stereocenters. The Morgan fingerprint density at radius 3 is 2.50 bits per heavy atom. The third-order valence-corrected chi connectivity index (χ3v) is 5.49. The molecular weight excluding hydrogens is 313 g/mol. The summed E-state index contributed by atoms with van der Waals surface area (Å²) in [5.41, 5.74) is 4.78. The first-order chi connectivity index (χ1) is 9.04. The van der Waals surface area contributed by atoms with E-state index in [2.05, 4.69) is 5.16 Å². The number of oxime groups is 1. The van der Waals surface area contributed by atoms with E-state index in [0.717, 1.165) is 24.5 Å². The molecule has 1 aromatic carbocycles. The molecule has 0 radical (unpaired) electrons. The zero-order valence-electron chi connectivity index (χ0n) is 10.2. The summed E-state index contributed by atoms with van der Waals surface area (Å²) in [6.07, 6.45) is 0.763. The Morgan fingerprint density at radius 1 is 1.40 bits per heavy atom. The minimum absolute atomic E-state index is 0.114. The van der Waals surface area contributed by atoms with Gasteiger partial charge in [-0.25, -0.2) is 21.2 Å². The number of hydrogen-bond donors (Lipinski definition) is 3. The smallest absolute Gasteiger partial charge is 0.247 e. The summed E-state index contributed by atoms with van der Waals surface area (Å²) < 4.78 is 60.4. The van der Waals surface area contributed by atoms with Crippen molar-refractivity contribution in [3.05, 3.63) is 29.6 Å². The number of nitrogens with one attached hydrogen (secondary N) is 1. The van der Waals surface area contributed by atoms with Gasteiger partial charge in [0.25, 0.3) is 0 Å². The van der Waals surface area contributed by atoms with Gasteiger partial charge < -0.3 is 10.9 Å². The fraction of sp³-hybridized carbons (Fsp3) is 0.222. The summed E-state index contributed by atoms with van der Waals surface area (Å²) in [7, 11) is -7.91. The summed E-state index contributed by atoms with van der Waals surface area (Å²) in [6.45, 7) is 0. The monoisotopic (exact) mass is 325 g/mol. The average molecular weight is 325 g/mol. The Labute approximate surface area is 115 Å². The lowest BCUT2D eigenvalue weighted by atomic mass is 10.2. The van der Waals surface area contributed by atoms with E-state index in [1.54, 1.807) is 0 Å². The molecule has 0 aromatic heterocycles. The van der Waals surface area contributed by atoms with E-state index in [9.17, 15) is 21.2 Å². The van der Waals surface area contributed by atoms with Crippen molar-refractivity contribution in [2.75, 3.05) is 16.1 Å². The molecule has 4 N–H and O–H groups in total. The normalized spacial score (nSPS) is 13.2. The molecule has 1 aromatic rings. The molecule has 1 rings (SSSR count). The van der Waals surface area contributed by atoms with Gasteiger partial charge in [-0.1, -0.05) is 5.16 Å². The Morgan fingerprint density at radius 2 is 2.00 bits per heavy atom. The predicted molar refractivity (Wildman–Crippen MR) is 71.2 cm³/mol. The summed E-state index contributed by atoms with van der Waals surface area (Å²) in [4.78, 5) is 0. The van der Waals surface area contributed by atoms with Gasteiger partial charge in [0.2, 0.25) is 10.0 Å². The number of sulfonamides is 1. The summed E-state index contributed by atoms with van der Waals surface area (Å²) in [6, 6.07) is 2.94.